The van der Waals surface area contributed by atoms with Crippen LogP contribution in [0.3, 0.4) is 0 Å². The number of fused-ring (bicyclic) bond motifs is 2. The summed E-state index contributed by atoms with van der Waals surface area (Å²) in [7, 11) is 0. The third kappa shape index (κ3) is 4.20. The van der Waals surface area contributed by atoms with Crippen LogP contribution in [0.2, 0.25) is 0 Å². The lowest BCUT2D eigenvalue weighted by Gasteiger charge is -2.27. The second kappa shape index (κ2) is 9.15. The highest BCUT2D eigenvalue weighted by Crippen LogP contribution is 2.24. The first-order valence-corrected chi connectivity index (χ1v) is 11.4. The van der Waals surface area contributed by atoms with E-state index in [-0.39, 0.29) is 18.4 Å². The molecule has 0 aliphatic carbocycles. The van der Waals surface area contributed by atoms with Gasteiger partial charge in [0.15, 0.2) is 0 Å². The zero-order valence-corrected chi connectivity index (χ0v) is 18.7. The van der Waals surface area contributed by atoms with Crippen LogP contribution in [-0.4, -0.2) is 40.3 Å². The van der Waals surface area contributed by atoms with Gasteiger partial charge in [-0.1, -0.05) is 42.5 Å². The Morgan fingerprint density at radius 1 is 1.15 bits per heavy atom. The molecule has 1 aliphatic heterocycles. The highest BCUT2D eigenvalue weighted by Gasteiger charge is 2.36. The van der Waals surface area contributed by atoms with Crippen molar-refractivity contribution in [2.24, 2.45) is 5.73 Å². The molecule has 5 rings (SSSR count). The zero-order chi connectivity index (χ0) is 23.7. The van der Waals surface area contributed by atoms with Gasteiger partial charge in [0.25, 0.3) is 0 Å². The molecule has 1 saturated heterocycles. The van der Waals surface area contributed by atoms with E-state index in [0.717, 1.165) is 22.8 Å². The second-order valence-electron chi connectivity index (χ2n) is 8.68. The molecule has 0 radical (unpaired) electrons. The van der Waals surface area contributed by atoms with Crippen molar-refractivity contribution in [2.75, 3.05) is 12.3 Å². The molecule has 8 heteroatoms. The Kier molecular flexibility index (Phi) is 5.90. The smallest absolute Gasteiger partial charge is 0.243 e. The number of likely N-dealkylation sites (tertiary alicyclic amines) is 1. The van der Waals surface area contributed by atoms with Gasteiger partial charge < -0.3 is 26.1 Å². The Morgan fingerprint density at radius 2 is 1.97 bits per heavy atom. The molecular formula is C26H27N5O3. The van der Waals surface area contributed by atoms with Crippen LogP contribution >= 0.6 is 0 Å². The highest BCUT2D eigenvalue weighted by atomic mass is 16.3. The Morgan fingerprint density at radius 3 is 2.82 bits per heavy atom. The largest absolute Gasteiger partial charge is 0.459 e. The normalized spacial score (nSPS) is 16.7. The van der Waals surface area contributed by atoms with Crippen molar-refractivity contribution in [1.29, 1.82) is 0 Å². The molecule has 2 atom stereocenters. The van der Waals surface area contributed by atoms with Gasteiger partial charge in [0, 0.05) is 12.7 Å². The number of benzene rings is 2. The number of hydrogen-bond donors (Lipinski definition) is 3. The van der Waals surface area contributed by atoms with Crippen molar-refractivity contribution >= 4 is 39.4 Å². The highest BCUT2D eigenvalue weighted by molar-refractivity contribution is 5.92. The summed E-state index contributed by atoms with van der Waals surface area (Å²) in [5, 5.41) is 5.80. The number of nitrogens with two attached hydrogens (primary N) is 2. The summed E-state index contributed by atoms with van der Waals surface area (Å²) >= 11 is 0. The zero-order valence-electron chi connectivity index (χ0n) is 18.7. The van der Waals surface area contributed by atoms with Gasteiger partial charge in [-0.2, -0.15) is 0 Å². The van der Waals surface area contributed by atoms with E-state index < -0.39 is 12.1 Å². The number of furan rings is 1. The Hall–Kier alpha value is -3.91. The average molecular weight is 458 g/mol. The minimum atomic E-state index is -0.718. The molecule has 1 fully saturated rings. The molecule has 2 aromatic carbocycles. The predicted octanol–water partition coefficient (Wildman–Crippen LogP) is 2.74. The maximum atomic E-state index is 13.2. The van der Waals surface area contributed by atoms with Crippen LogP contribution in [0.5, 0.6) is 0 Å². The molecule has 2 amide bonds. The molecule has 8 nitrogen and oxygen atoms in total. The molecule has 5 N–H and O–H groups in total. The number of amides is 2. The third-order valence-corrected chi connectivity index (χ3v) is 6.44. The molecular weight excluding hydrogens is 430 g/mol. The summed E-state index contributed by atoms with van der Waals surface area (Å²) in [6.07, 6.45) is 3.36. The van der Waals surface area contributed by atoms with E-state index in [2.05, 4.69) is 10.3 Å². The molecule has 0 bridgehead atoms. The van der Waals surface area contributed by atoms with E-state index in [9.17, 15) is 9.59 Å². The summed E-state index contributed by atoms with van der Waals surface area (Å²) in [6, 6.07) is 16.3. The summed E-state index contributed by atoms with van der Waals surface area (Å²) in [5.74, 6) is 0.543. The molecule has 174 valence electrons. The number of pyridine rings is 1. The lowest BCUT2D eigenvalue weighted by molar-refractivity contribution is -0.139. The average Bonchev–Trinajstić information content (AvgIpc) is 3.50. The number of nitrogens with zero attached hydrogens (tertiary/aromatic N) is 2. The van der Waals surface area contributed by atoms with Crippen LogP contribution in [0.4, 0.5) is 5.82 Å². The van der Waals surface area contributed by atoms with Crippen molar-refractivity contribution in [3.63, 3.8) is 0 Å². The number of aromatic nitrogens is 1. The van der Waals surface area contributed by atoms with Gasteiger partial charge in [0.05, 0.1) is 18.0 Å². The third-order valence-electron chi connectivity index (χ3n) is 6.44. The molecule has 1 aliphatic rings. The number of carbonyl (C=O) groups is 2. The van der Waals surface area contributed by atoms with Crippen molar-refractivity contribution in [3.05, 3.63) is 72.1 Å². The van der Waals surface area contributed by atoms with E-state index >= 15 is 0 Å². The number of rotatable bonds is 6. The first-order valence-electron chi connectivity index (χ1n) is 11.4. The molecule has 2 aromatic heterocycles. The minimum Gasteiger partial charge on any atom is -0.459 e. The molecule has 0 spiro atoms. The number of carbonyl (C=O) groups excluding carboxylic acids is 2. The predicted molar refractivity (Wildman–Crippen MR) is 131 cm³/mol. The van der Waals surface area contributed by atoms with Gasteiger partial charge in [-0.15, -0.1) is 0 Å². The minimum absolute atomic E-state index is 0.201. The Balaban J connectivity index is 1.24. The quantitative estimate of drug-likeness (QED) is 0.409. The number of anilines is 1. The fourth-order valence-corrected chi connectivity index (χ4v) is 4.73. The van der Waals surface area contributed by atoms with Crippen LogP contribution in [0.15, 0.2) is 65.2 Å². The standard InChI is InChI=1S/C26H27N5O3/c27-21(13-17-7-3-6-16-5-1-2-8-19(16)17)26(33)31-12-4-9-22(31)25(32)30-15-18-14-20-23(34-18)10-11-29-24(20)28/h1-3,5-8,10-11,14,21-22H,4,9,12-13,15,27H2,(H2,28,29)(H,30,32)/t21-,22+/m1/s1. The van der Waals surface area contributed by atoms with Crippen molar-refractivity contribution in [1.82, 2.24) is 15.2 Å². The Labute approximate surface area is 196 Å². The summed E-state index contributed by atoms with van der Waals surface area (Å²) in [5.41, 5.74) is 13.9. The fourth-order valence-electron chi connectivity index (χ4n) is 4.73. The fraction of sp³-hybridized carbons (Fsp3) is 0.269. The molecule has 4 aromatic rings. The molecule has 0 saturated carbocycles. The van der Waals surface area contributed by atoms with E-state index in [0.29, 0.717) is 41.9 Å². The lowest BCUT2D eigenvalue weighted by atomic mass is 9.98. The van der Waals surface area contributed by atoms with E-state index in [1.807, 2.05) is 42.5 Å². The summed E-state index contributed by atoms with van der Waals surface area (Å²) < 4.78 is 5.74. The topological polar surface area (TPSA) is 127 Å². The number of nitrogens with one attached hydrogen (secondary N) is 1. The summed E-state index contributed by atoms with van der Waals surface area (Å²) in [4.78, 5) is 31.8. The van der Waals surface area contributed by atoms with Gasteiger partial charge in [-0.3, -0.25) is 9.59 Å². The van der Waals surface area contributed by atoms with Crippen molar-refractivity contribution in [3.8, 4) is 0 Å². The second-order valence-corrected chi connectivity index (χ2v) is 8.68. The van der Waals surface area contributed by atoms with E-state index in [1.165, 1.54) is 0 Å². The van der Waals surface area contributed by atoms with Crippen molar-refractivity contribution < 1.29 is 14.0 Å². The van der Waals surface area contributed by atoms with Gasteiger partial charge in [-0.05, 0) is 47.7 Å². The first kappa shape index (κ1) is 21.9. The van der Waals surface area contributed by atoms with Gasteiger partial charge >= 0.3 is 0 Å². The van der Waals surface area contributed by atoms with Gasteiger partial charge in [0.2, 0.25) is 11.8 Å². The van der Waals surface area contributed by atoms with Gasteiger partial charge in [0.1, 0.15) is 23.2 Å². The number of hydrogen-bond acceptors (Lipinski definition) is 6. The van der Waals surface area contributed by atoms with Crippen molar-refractivity contribution in [2.45, 2.75) is 37.9 Å². The maximum absolute atomic E-state index is 13.2. The SMILES string of the molecule is Nc1nccc2oc(CNC(=O)[C@@H]3CCCN3C(=O)[C@H](N)Cc3cccc4ccccc34)cc12. The van der Waals surface area contributed by atoms with Gasteiger partial charge in [-0.25, -0.2) is 4.98 Å². The first-order chi connectivity index (χ1) is 16.5. The van der Waals surface area contributed by atoms with E-state index in [1.54, 1.807) is 23.2 Å². The van der Waals surface area contributed by atoms with Crippen LogP contribution in [-0.2, 0) is 22.6 Å². The molecule has 0 unspecified atom stereocenters. The van der Waals surface area contributed by atoms with Crippen LogP contribution < -0.4 is 16.8 Å². The van der Waals surface area contributed by atoms with Crippen LogP contribution in [0.25, 0.3) is 21.7 Å². The lowest BCUT2D eigenvalue weighted by Crippen LogP contribution is -2.51. The van der Waals surface area contributed by atoms with E-state index in [4.69, 9.17) is 15.9 Å². The number of nitrogen functional groups attached to an aromatic ring is 1. The molecule has 34 heavy (non-hydrogen) atoms. The summed E-state index contributed by atoms with van der Waals surface area (Å²) in [6.45, 7) is 0.723. The monoisotopic (exact) mass is 457 g/mol. The van der Waals surface area contributed by atoms with Crippen LogP contribution in [0.1, 0.15) is 24.2 Å². The van der Waals surface area contributed by atoms with Crippen LogP contribution in [0, 0.1) is 0 Å². The Bertz CT molecular complexity index is 1360. The maximum Gasteiger partial charge on any atom is 0.243 e. The molecule has 3 heterocycles.